The minimum absolute atomic E-state index is 0.0158. The molecule has 6 heteroatoms. The SMILES string of the molecule is Cc1noc(C)c1CCC(=O)N[C@H](Cc1ccccc1)C(=O)N1CCCC1. The normalized spacial score (nSPS) is 15.0. The van der Waals surface area contributed by atoms with E-state index in [-0.39, 0.29) is 11.8 Å². The third-order valence-electron chi connectivity index (χ3n) is 5.12. The van der Waals surface area contributed by atoms with Crippen LogP contribution in [0.1, 0.15) is 41.8 Å². The van der Waals surface area contributed by atoms with Crippen molar-refractivity contribution in [3.63, 3.8) is 0 Å². The third-order valence-corrected chi connectivity index (χ3v) is 5.12. The molecule has 144 valence electrons. The second-order valence-corrected chi connectivity index (χ2v) is 7.14. The summed E-state index contributed by atoms with van der Waals surface area (Å²) in [4.78, 5) is 27.3. The van der Waals surface area contributed by atoms with Crippen molar-refractivity contribution in [2.24, 2.45) is 0 Å². The molecule has 1 saturated heterocycles. The lowest BCUT2D eigenvalue weighted by Crippen LogP contribution is -2.49. The van der Waals surface area contributed by atoms with Gasteiger partial charge in [-0.05, 0) is 38.7 Å². The first-order valence-electron chi connectivity index (χ1n) is 9.58. The van der Waals surface area contributed by atoms with Gasteiger partial charge in [-0.1, -0.05) is 35.5 Å². The number of nitrogens with zero attached hydrogens (tertiary/aromatic N) is 2. The van der Waals surface area contributed by atoms with Gasteiger partial charge in [0.25, 0.3) is 0 Å². The van der Waals surface area contributed by atoms with Crippen molar-refractivity contribution in [2.45, 2.75) is 52.0 Å². The molecule has 27 heavy (non-hydrogen) atoms. The van der Waals surface area contributed by atoms with Gasteiger partial charge in [-0.2, -0.15) is 0 Å². The van der Waals surface area contributed by atoms with Crippen LogP contribution < -0.4 is 5.32 Å². The summed E-state index contributed by atoms with van der Waals surface area (Å²) >= 11 is 0. The number of benzene rings is 1. The number of hydrogen-bond donors (Lipinski definition) is 1. The first kappa shape index (κ1) is 19.1. The fourth-order valence-electron chi connectivity index (χ4n) is 3.57. The predicted octanol–water partition coefficient (Wildman–Crippen LogP) is 2.57. The lowest BCUT2D eigenvalue weighted by molar-refractivity contribution is -0.135. The molecule has 2 amide bonds. The molecule has 2 aromatic rings. The van der Waals surface area contributed by atoms with Gasteiger partial charge < -0.3 is 14.7 Å². The van der Waals surface area contributed by atoms with E-state index in [2.05, 4.69) is 10.5 Å². The molecular formula is C21H27N3O3. The van der Waals surface area contributed by atoms with Crippen LogP contribution in [0.3, 0.4) is 0 Å². The first-order chi connectivity index (χ1) is 13.0. The van der Waals surface area contributed by atoms with Crippen molar-refractivity contribution in [3.05, 3.63) is 52.9 Å². The predicted molar refractivity (Wildman–Crippen MR) is 102 cm³/mol. The summed E-state index contributed by atoms with van der Waals surface area (Å²) < 4.78 is 5.15. The number of aryl methyl sites for hydroxylation is 2. The molecule has 1 atom stereocenters. The lowest BCUT2D eigenvalue weighted by Gasteiger charge is -2.24. The summed E-state index contributed by atoms with van der Waals surface area (Å²) in [7, 11) is 0. The summed E-state index contributed by atoms with van der Waals surface area (Å²) in [6.45, 7) is 5.28. The van der Waals surface area contributed by atoms with E-state index in [0.717, 1.165) is 48.5 Å². The minimum atomic E-state index is -0.525. The van der Waals surface area contributed by atoms with E-state index < -0.39 is 6.04 Å². The number of carbonyl (C=O) groups excluding carboxylic acids is 2. The van der Waals surface area contributed by atoms with Gasteiger partial charge in [-0.15, -0.1) is 0 Å². The molecule has 1 aromatic carbocycles. The maximum atomic E-state index is 12.9. The van der Waals surface area contributed by atoms with Crippen molar-refractivity contribution < 1.29 is 14.1 Å². The largest absolute Gasteiger partial charge is 0.361 e. The molecule has 0 unspecified atom stereocenters. The van der Waals surface area contributed by atoms with E-state index in [4.69, 9.17) is 4.52 Å². The van der Waals surface area contributed by atoms with Crippen LogP contribution >= 0.6 is 0 Å². The Hall–Kier alpha value is -2.63. The van der Waals surface area contributed by atoms with E-state index in [9.17, 15) is 9.59 Å². The number of amides is 2. The Morgan fingerprint density at radius 3 is 2.52 bits per heavy atom. The molecule has 0 radical (unpaired) electrons. The highest BCUT2D eigenvalue weighted by atomic mass is 16.5. The van der Waals surface area contributed by atoms with Crippen molar-refractivity contribution in [3.8, 4) is 0 Å². The summed E-state index contributed by atoms with van der Waals surface area (Å²) in [6.07, 6.45) is 3.44. The van der Waals surface area contributed by atoms with Gasteiger partial charge in [0.1, 0.15) is 11.8 Å². The number of likely N-dealkylation sites (tertiary alicyclic amines) is 1. The molecule has 3 rings (SSSR count). The molecule has 1 fully saturated rings. The Morgan fingerprint density at radius 2 is 1.89 bits per heavy atom. The molecule has 1 aliphatic heterocycles. The van der Waals surface area contributed by atoms with Crippen LogP contribution in [0.25, 0.3) is 0 Å². The van der Waals surface area contributed by atoms with Crippen LogP contribution in [0.2, 0.25) is 0 Å². The van der Waals surface area contributed by atoms with E-state index >= 15 is 0 Å². The zero-order valence-electron chi connectivity index (χ0n) is 16.0. The highest BCUT2D eigenvalue weighted by molar-refractivity contribution is 5.88. The maximum absolute atomic E-state index is 12.9. The van der Waals surface area contributed by atoms with Gasteiger partial charge in [0.2, 0.25) is 11.8 Å². The number of hydrogen-bond acceptors (Lipinski definition) is 4. The van der Waals surface area contributed by atoms with Crippen LogP contribution in [0.15, 0.2) is 34.9 Å². The second-order valence-electron chi connectivity index (χ2n) is 7.14. The Labute approximate surface area is 159 Å². The second kappa shape index (κ2) is 8.84. The highest BCUT2D eigenvalue weighted by Crippen LogP contribution is 2.15. The summed E-state index contributed by atoms with van der Waals surface area (Å²) in [5.74, 6) is 0.639. The summed E-state index contributed by atoms with van der Waals surface area (Å²) in [6, 6.07) is 9.30. The third kappa shape index (κ3) is 4.96. The molecule has 2 heterocycles. The van der Waals surface area contributed by atoms with Crippen LogP contribution in [0.5, 0.6) is 0 Å². The van der Waals surface area contributed by atoms with Crippen molar-refractivity contribution in [1.82, 2.24) is 15.4 Å². The number of carbonyl (C=O) groups is 2. The molecule has 1 N–H and O–H groups in total. The fourth-order valence-corrected chi connectivity index (χ4v) is 3.57. The van der Waals surface area contributed by atoms with Crippen LogP contribution in [0.4, 0.5) is 0 Å². The smallest absolute Gasteiger partial charge is 0.245 e. The topological polar surface area (TPSA) is 75.4 Å². The molecule has 1 aliphatic rings. The van der Waals surface area contributed by atoms with Gasteiger partial charge in [0, 0.05) is 31.5 Å². The summed E-state index contributed by atoms with van der Waals surface area (Å²) in [5, 5.41) is 6.89. The van der Waals surface area contributed by atoms with Gasteiger partial charge in [0.05, 0.1) is 5.69 Å². The van der Waals surface area contributed by atoms with E-state index in [0.29, 0.717) is 19.3 Å². The number of aromatic nitrogens is 1. The number of rotatable bonds is 7. The molecule has 0 bridgehead atoms. The quantitative estimate of drug-likeness (QED) is 0.814. The van der Waals surface area contributed by atoms with Crippen molar-refractivity contribution in [2.75, 3.05) is 13.1 Å². The Balaban J connectivity index is 1.64. The lowest BCUT2D eigenvalue weighted by atomic mass is 10.0. The fraction of sp³-hybridized carbons (Fsp3) is 0.476. The van der Waals surface area contributed by atoms with Gasteiger partial charge in [0.15, 0.2) is 0 Å². The average molecular weight is 369 g/mol. The van der Waals surface area contributed by atoms with Gasteiger partial charge in [-0.25, -0.2) is 0 Å². The Morgan fingerprint density at radius 1 is 1.19 bits per heavy atom. The van der Waals surface area contributed by atoms with Crippen molar-refractivity contribution in [1.29, 1.82) is 0 Å². The van der Waals surface area contributed by atoms with Crippen LogP contribution in [-0.4, -0.2) is 41.0 Å². The zero-order chi connectivity index (χ0) is 19.2. The average Bonchev–Trinajstić information content (AvgIpc) is 3.30. The number of nitrogens with one attached hydrogen (secondary N) is 1. The zero-order valence-corrected chi connectivity index (χ0v) is 16.0. The standard InChI is InChI=1S/C21H27N3O3/c1-15-18(16(2)27-23-15)10-11-20(25)22-19(14-17-8-4-3-5-9-17)21(26)24-12-6-7-13-24/h3-5,8-9,19H,6-7,10-14H2,1-2H3,(H,22,25)/t19-/m1/s1. The minimum Gasteiger partial charge on any atom is -0.361 e. The van der Waals surface area contributed by atoms with E-state index in [1.165, 1.54) is 0 Å². The van der Waals surface area contributed by atoms with Crippen molar-refractivity contribution >= 4 is 11.8 Å². The van der Waals surface area contributed by atoms with Crippen LogP contribution in [-0.2, 0) is 22.4 Å². The molecule has 6 nitrogen and oxygen atoms in total. The summed E-state index contributed by atoms with van der Waals surface area (Å²) in [5.41, 5.74) is 2.82. The van der Waals surface area contributed by atoms with Gasteiger partial charge >= 0.3 is 0 Å². The van der Waals surface area contributed by atoms with Gasteiger partial charge in [-0.3, -0.25) is 9.59 Å². The molecule has 1 aromatic heterocycles. The first-order valence-corrected chi connectivity index (χ1v) is 9.58. The molecule has 0 saturated carbocycles. The maximum Gasteiger partial charge on any atom is 0.245 e. The highest BCUT2D eigenvalue weighted by Gasteiger charge is 2.28. The monoisotopic (exact) mass is 369 g/mol. The molecule has 0 spiro atoms. The molecule has 0 aliphatic carbocycles. The molecular weight excluding hydrogens is 342 g/mol. The Bertz CT molecular complexity index is 760. The Kier molecular flexibility index (Phi) is 6.27. The van der Waals surface area contributed by atoms with E-state index in [1.54, 1.807) is 0 Å². The van der Waals surface area contributed by atoms with Crippen LogP contribution in [0, 0.1) is 13.8 Å². The van der Waals surface area contributed by atoms with E-state index in [1.807, 2.05) is 49.1 Å².